The Hall–Kier alpha value is -0.570. The zero-order valence-electron chi connectivity index (χ0n) is 11.2. The topological polar surface area (TPSA) is 38.3 Å². The number of rotatable bonds is 5. The third-order valence-electron chi connectivity index (χ3n) is 3.39. The van der Waals surface area contributed by atoms with Crippen LogP contribution in [0.4, 0.5) is 0 Å². The fraction of sp³-hybridized carbons (Fsp3) is 0.923. The molecule has 0 aromatic heterocycles. The average Bonchev–Trinajstić information content (AvgIpc) is 2.91. The van der Waals surface area contributed by atoms with Gasteiger partial charge in [-0.15, -0.1) is 0 Å². The van der Waals surface area contributed by atoms with E-state index in [0.717, 1.165) is 6.54 Å². The molecule has 0 saturated heterocycles. The first-order valence-corrected chi connectivity index (χ1v) is 6.16. The highest BCUT2D eigenvalue weighted by Crippen LogP contribution is 2.51. The van der Waals surface area contributed by atoms with Crippen molar-refractivity contribution < 1.29 is 9.53 Å². The average molecular weight is 227 g/mol. The van der Waals surface area contributed by atoms with Crippen molar-refractivity contribution in [1.82, 2.24) is 5.32 Å². The van der Waals surface area contributed by atoms with Gasteiger partial charge in [0, 0.05) is 6.54 Å². The molecule has 1 saturated carbocycles. The summed E-state index contributed by atoms with van der Waals surface area (Å²) in [5.74, 6) is 0.651. The van der Waals surface area contributed by atoms with Gasteiger partial charge in [0.1, 0.15) is 6.61 Å². The lowest BCUT2D eigenvalue weighted by Crippen LogP contribution is -2.36. The minimum atomic E-state index is -0.243. The van der Waals surface area contributed by atoms with Crippen molar-refractivity contribution in [3.05, 3.63) is 0 Å². The number of carbonyl (C=O) groups excluding carboxylic acids is 1. The van der Waals surface area contributed by atoms with Crippen LogP contribution in [0.5, 0.6) is 0 Å². The van der Waals surface area contributed by atoms with Crippen LogP contribution in [0.2, 0.25) is 0 Å². The molecule has 3 nitrogen and oxygen atoms in total. The monoisotopic (exact) mass is 227 g/mol. The predicted molar refractivity (Wildman–Crippen MR) is 65.2 cm³/mol. The maximum absolute atomic E-state index is 11.6. The first-order chi connectivity index (χ1) is 7.25. The molecule has 1 aliphatic rings. The van der Waals surface area contributed by atoms with Crippen molar-refractivity contribution in [2.24, 2.45) is 11.3 Å². The van der Waals surface area contributed by atoms with Crippen molar-refractivity contribution in [2.75, 3.05) is 13.2 Å². The summed E-state index contributed by atoms with van der Waals surface area (Å²) in [4.78, 5) is 11.6. The number of hydrogen-bond acceptors (Lipinski definition) is 2. The minimum Gasteiger partial charge on any atom is -0.366 e. The van der Waals surface area contributed by atoms with Crippen molar-refractivity contribution in [1.29, 1.82) is 0 Å². The number of carbonyl (C=O) groups is 1. The summed E-state index contributed by atoms with van der Waals surface area (Å²) in [6.45, 7) is 11.3. The summed E-state index contributed by atoms with van der Waals surface area (Å²) in [7, 11) is 0. The van der Waals surface area contributed by atoms with E-state index in [9.17, 15) is 4.79 Å². The minimum absolute atomic E-state index is 0.00171. The van der Waals surface area contributed by atoms with E-state index in [1.165, 1.54) is 12.8 Å². The van der Waals surface area contributed by atoms with Crippen molar-refractivity contribution in [3.8, 4) is 0 Å². The van der Waals surface area contributed by atoms with E-state index in [0.29, 0.717) is 11.3 Å². The molecule has 0 spiro atoms. The van der Waals surface area contributed by atoms with Gasteiger partial charge in [-0.2, -0.15) is 0 Å². The quantitative estimate of drug-likeness (QED) is 0.783. The normalized spacial score (nSPS) is 18.6. The van der Waals surface area contributed by atoms with E-state index in [1.807, 2.05) is 20.8 Å². The van der Waals surface area contributed by atoms with Crippen LogP contribution in [0.25, 0.3) is 0 Å². The van der Waals surface area contributed by atoms with Crippen molar-refractivity contribution in [2.45, 2.75) is 53.1 Å². The molecular formula is C13H25NO2. The lowest BCUT2D eigenvalue weighted by atomic mass is 9.92. The van der Waals surface area contributed by atoms with Crippen LogP contribution < -0.4 is 5.32 Å². The van der Waals surface area contributed by atoms with Crippen LogP contribution in [0.1, 0.15) is 47.5 Å². The van der Waals surface area contributed by atoms with Gasteiger partial charge in [-0.25, -0.2) is 0 Å². The summed E-state index contributed by atoms with van der Waals surface area (Å²) in [5.41, 5.74) is 0.129. The predicted octanol–water partition coefficient (Wildman–Crippen LogP) is 2.35. The number of amides is 1. The summed E-state index contributed by atoms with van der Waals surface area (Å²) in [6, 6.07) is 0. The molecule has 1 aliphatic carbocycles. The molecule has 0 aromatic carbocycles. The maximum Gasteiger partial charge on any atom is 0.246 e. The van der Waals surface area contributed by atoms with E-state index in [1.54, 1.807) is 0 Å². The first kappa shape index (κ1) is 13.5. The molecular weight excluding hydrogens is 202 g/mol. The van der Waals surface area contributed by atoms with Crippen LogP contribution in [-0.2, 0) is 9.53 Å². The number of hydrogen-bond donors (Lipinski definition) is 1. The van der Waals surface area contributed by atoms with Gasteiger partial charge < -0.3 is 10.1 Å². The van der Waals surface area contributed by atoms with Crippen LogP contribution in [0, 0.1) is 11.3 Å². The first-order valence-electron chi connectivity index (χ1n) is 6.16. The molecule has 1 N–H and O–H groups in total. The van der Waals surface area contributed by atoms with Crippen LogP contribution in [0.15, 0.2) is 0 Å². The Morgan fingerprint density at radius 3 is 2.31 bits per heavy atom. The highest BCUT2D eigenvalue weighted by atomic mass is 16.5. The van der Waals surface area contributed by atoms with Gasteiger partial charge in [0.05, 0.1) is 5.60 Å². The Kier molecular flexibility index (Phi) is 4.00. The Balaban J connectivity index is 2.21. The van der Waals surface area contributed by atoms with Gasteiger partial charge in [-0.05, 0) is 44.9 Å². The molecule has 0 aliphatic heterocycles. The highest BCUT2D eigenvalue weighted by molar-refractivity contribution is 5.77. The number of ether oxygens (including phenoxy) is 1. The summed E-state index contributed by atoms with van der Waals surface area (Å²) < 4.78 is 5.43. The summed E-state index contributed by atoms with van der Waals surface area (Å²) >= 11 is 0. The second-order valence-electron chi connectivity index (χ2n) is 6.19. The van der Waals surface area contributed by atoms with Gasteiger partial charge >= 0.3 is 0 Å². The number of nitrogens with one attached hydrogen (secondary N) is 1. The largest absolute Gasteiger partial charge is 0.366 e. The Morgan fingerprint density at radius 2 is 1.94 bits per heavy atom. The molecule has 1 rings (SSSR count). The second-order valence-corrected chi connectivity index (χ2v) is 6.19. The standard InChI is InChI=1S/C13H25NO2/c1-10(2)13(6-7-13)9-14-11(15)8-16-12(3,4)5/h10H,6-9H2,1-5H3,(H,14,15). The van der Waals surface area contributed by atoms with Crippen LogP contribution in [-0.4, -0.2) is 24.7 Å². The lowest BCUT2D eigenvalue weighted by molar-refractivity contribution is -0.130. The zero-order valence-corrected chi connectivity index (χ0v) is 11.2. The van der Waals surface area contributed by atoms with Gasteiger partial charge in [0.25, 0.3) is 0 Å². The molecule has 0 bridgehead atoms. The lowest BCUT2D eigenvalue weighted by Gasteiger charge is -2.22. The van der Waals surface area contributed by atoms with Gasteiger partial charge in [0.2, 0.25) is 5.91 Å². The van der Waals surface area contributed by atoms with Crippen LogP contribution in [0.3, 0.4) is 0 Å². The molecule has 1 amide bonds. The Labute approximate surface area is 98.9 Å². The molecule has 0 radical (unpaired) electrons. The maximum atomic E-state index is 11.6. The third kappa shape index (κ3) is 4.12. The second kappa shape index (κ2) is 4.74. The molecule has 0 aromatic rings. The molecule has 0 heterocycles. The van der Waals surface area contributed by atoms with Crippen LogP contribution >= 0.6 is 0 Å². The van der Waals surface area contributed by atoms with E-state index < -0.39 is 0 Å². The fourth-order valence-electron chi connectivity index (χ4n) is 1.73. The van der Waals surface area contributed by atoms with Gasteiger partial charge in [-0.3, -0.25) is 4.79 Å². The summed E-state index contributed by atoms with van der Waals surface area (Å²) in [6.07, 6.45) is 2.48. The molecule has 1 fully saturated rings. The molecule has 94 valence electrons. The van der Waals surface area contributed by atoms with Crippen molar-refractivity contribution >= 4 is 5.91 Å². The third-order valence-corrected chi connectivity index (χ3v) is 3.39. The molecule has 16 heavy (non-hydrogen) atoms. The highest BCUT2D eigenvalue weighted by Gasteiger charge is 2.45. The van der Waals surface area contributed by atoms with Gasteiger partial charge in [-0.1, -0.05) is 13.8 Å². The molecule has 0 atom stereocenters. The van der Waals surface area contributed by atoms with E-state index in [4.69, 9.17) is 4.74 Å². The van der Waals surface area contributed by atoms with Gasteiger partial charge in [0.15, 0.2) is 0 Å². The van der Waals surface area contributed by atoms with E-state index >= 15 is 0 Å². The molecule has 3 heteroatoms. The van der Waals surface area contributed by atoms with E-state index in [2.05, 4.69) is 19.2 Å². The SMILES string of the molecule is CC(C)C1(CNC(=O)COC(C)(C)C)CC1. The van der Waals surface area contributed by atoms with E-state index in [-0.39, 0.29) is 18.1 Å². The smallest absolute Gasteiger partial charge is 0.246 e. The Morgan fingerprint density at radius 1 is 1.38 bits per heavy atom. The van der Waals surface area contributed by atoms with Crippen molar-refractivity contribution in [3.63, 3.8) is 0 Å². The molecule has 0 unspecified atom stereocenters. The Bertz CT molecular complexity index is 249. The summed E-state index contributed by atoms with van der Waals surface area (Å²) in [5, 5.41) is 2.98. The zero-order chi connectivity index (χ0) is 12.4. The fourth-order valence-corrected chi connectivity index (χ4v) is 1.73.